The molecule has 1 aliphatic heterocycles. The van der Waals surface area contributed by atoms with Gasteiger partial charge in [-0.05, 0) is 24.8 Å². The minimum Gasteiger partial charge on any atom is -0.425 e. The third kappa shape index (κ3) is 3.78. The zero-order chi connectivity index (χ0) is 16.2. The van der Waals surface area contributed by atoms with Crippen molar-refractivity contribution in [2.45, 2.75) is 39.0 Å². The van der Waals surface area contributed by atoms with Gasteiger partial charge in [0.1, 0.15) is 0 Å². The van der Waals surface area contributed by atoms with E-state index < -0.39 is 0 Å². The number of nitrogens with zero attached hydrogens (tertiary/aromatic N) is 3. The predicted molar refractivity (Wildman–Crippen MR) is 86.9 cm³/mol. The summed E-state index contributed by atoms with van der Waals surface area (Å²) in [5.41, 5.74) is 1.21. The van der Waals surface area contributed by atoms with Gasteiger partial charge in [-0.15, -0.1) is 10.2 Å². The van der Waals surface area contributed by atoms with E-state index in [1.54, 1.807) is 6.92 Å². The molecule has 0 spiro atoms. The van der Waals surface area contributed by atoms with Gasteiger partial charge < -0.3 is 9.32 Å². The molecule has 1 unspecified atom stereocenters. The molecule has 0 N–H and O–H groups in total. The summed E-state index contributed by atoms with van der Waals surface area (Å²) in [6.45, 7) is 5.36. The highest BCUT2D eigenvalue weighted by Gasteiger charge is 2.29. The lowest BCUT2D eigenvalue weighted by Gasteiger charge is -2.32. The molecule has 0 saturated carbocycles. The van der Waals surface area contributed by atoms with Crippen molar-refractivity contribution >= 4 is 5.91 Å². The second kappa shape index (κ2) is 6.94. The van der Waals surface area contributed by atoms with E-state index in [0.29, 0.717) is 11.8 Å². The van der Waals surface area contributed by atoms with Crippen LogP contribution in [0.4, 0.5) is 0 Å². The lowest BCUT2D eigenvalue weighted by Crippen LogP contribution is -2.41. The second-order valence-electron chi connectivity index (χ2n) is 6.35. The number of carbonyl (C=O) groups is 1. The van der Waals surface area contributed by atoms with Gasteiger partial charge >= 0.3 is 0 Å². The van der Waals surface area contributed by atoms with Crippen LogP contribution in [0.25, 0.3) is 0 Å². The summed E-state index contributed by atoms with van der Waals surface area (Å²) in [4.78, 5) is 14.6. The summed E-state index contributed by atoms with van der Waals surface area (Å²) in [7, 11) is 0. The monoisotopic (exact) mass is 313 g/mol. The van der Waals surface area contributed by atoms with Crippen molar-refractivity contribution in [1.82, 2.24) is 15.1 Å². The normalized spacial score (nSPS) is 17.2. The van der Waals surface area contributed by atoms with Gasteiger partial charge in [-0.3, -0.25) is 4.79 Å². The number of likely N-dealkylation sites (tertiary alicyclic amines) is 1. The maximum atomic E-state index is 12.6. The Bertz CT molecular complexity index is 645. The molecule has 0 aliphatic carbocycles. The third-order valence-electron chi connectivity index (χ3n) is 4.50. The summed E-state index contributed by atoms with van der Waals surface area (Å²) >= 11 is 0. The van der Waals surface area contributed by atoms with E-state index in [1.807, 2.05) is 30.0 Å². The molecule has 2 aromatic rings. The number of hydrogen-bond acceptors (Lipinski definition) is 4. The van der Waals surface area contributed by atoms with E-state index in [-0.39, 0.29) is 17.7 Å². The number of amides is 1. The Kier molecular flexibility index (Phi) is 4.74. The van der Waals surface area contributed by atoms with E-state index in [4.69, 9.17) is 4.42 Å². The summed E-state index contributed by atoms with van der Waals surface area (Å²) in [5, 5.41) is 8.00. The van der Waals surface area contributed by atoms with Crippen LogP contribution >= 0.6 is 0 Å². The topological polar surface area (TPSA) is 59.2 Å². The SMILES string of the molecule is Cc1nnc(C2CCN(C(=O)C(C)Cc3ccccc3)CC2)o1. The van der Waals surface area contributed by atoms with Crippen molar-refractivity contribution in [2.75, 3.05) is 13.1 Å². The fourth-order valence-electron chi connectivity index (χ4n) is 3.19. The highest BCUT2D eigenvalue weighted by molar-refractivity contribution is 5.78. The third-order valence-corrected chi connectivity index (χ3v) is 4.50. The van der Waals surface area contributed by atoms with E-state index in [1.165, 1.54) is 5.56 Å². The molecule has 5 nitrogen and oxygen atoms in total. The Morgan fingerprint density at radius 1 is 1.26 bits per heavy atom. The van der Waals surface area contributed by atoms with Crippen LogP contribution < -0.4 is 0 Å². The molecule has 0 radical (unpaired) electrons. The number of benzene rings is 1. The van der Waals surface area contributed by atoms with Gasteiger partial charge in [-0.25, -0.2) is 0 Å². The minimum atomic E-state index is 0.0135. The zero-order valence-electron chi connectivity index (χ0n) is 13.7. The molecule has 1 amide bonds. The smallest absolute Gasteiger partial charge is 0.225 e. The molecule has 1 aromatic heterocycles. The number of aromatic nitrogens is 2. The van der Waals surface area contributed by atoms with Crippen LogP contribution in [0.2, 0.25) is 0 Å². The van der Waals surface area contributed by atoms with Crippen molar-refractivity contribution in [3.8, 4) is 0 Å². The Balaban J connectivity index is 1.53. The van der Waals surface area contributed by atoms with E-state index in [0.717, 1.165) is 32.4 Å². The molecule has 5 heteroatoms. The van der Waals surface area contributed by atoms with Crippen LogP contribution in [0.15, 0.2) is 34.7 Å². The molecule has 1 atom stereocenters. The fraction of sp³-hybridized carbons (Fsp3) is 0.500. The van der Waals surface area contributed by atoms with Crippen LogP contribution in [0.1, 0.15) is 43.0 Å². The molecule has 1 aromatic carbocycles. The lowest BCUT2D eigenvalue weighted by molar-refractivity contribution is -0.136. The maximum absolute atomic E-state index is 12.6. The Hall–Kier alpha value is -2.17. The van der Waals surface area contributed by atoms with E-state index in [2.05, 4.69) is 22.3 Å². The number of piperidine rings is 1. The van der Waals surface area contributed by atoms with Crippen molar-refractivity contribution < 1.29 is 9.21 Å². The maximum Gasteiger partial charge on any atom is 0.225 e. The van der Waals surface area contributed by atoms with Gasteiger partial charge in [0.05, 0.1) is 0 Å². The lowest BCUT2D eigenvalue weighted by atomic mass is 9.94. The first kappa shape index (κ1) is 15.7. The van der Waals surface area contributed by atoms with Crippen molar-refractivity contribution in [2.24, 2.45) is 5.92 Å². The highest BCUT2D eigenvalue weighted by atomic mass is 16.4. The largest absolute Gasteiger partial charge is 0.425 e. The molecular formula is C18H23N3O2. The van der Waals surface area contributed by atoms with Gasteiger partial charge in [0, 0.05) is 31.8 Å². The highest BCUT2D eigenvalue weighted by Crippen LogP contribution is 2.27. The average molecular weight is 313 g/mol. The van der Waals surface area contributed by atoms with Crippen LogP contribution in [-0.4, -0.2) is 34.1 Å². The number of carbonyl (C=O) groups excluding carboxylic acids is 1. The van der Waals surface area contributed by atoms with Crippen molar-refractivity contribution in [1.29, 1.82) is 0 Å². The molecule has 23 heavy (non-hydrogen) atoms. The molecule has 0 bridgehead atoms. The summed E-state index contributed by atoms with van der Waals surface area (Å²) in [6, 6.07) is 10.2. The Labute approximate surface area is 136 Å². The number of hydrogen-bond donors (Lipinski definition) is 0. The first-order valence-corrected chi connectivity index (χ1v) is 8.26. The van der Waals surface area contributed by atoms with E-state index >= 15 is 0 Å². The van der Waals surface area contributed by atoms with Crippen LogP contribution in [0.5, 0.6) is 0 Å². The summed E-state index contributed by atoms with van der Waals surface area (Å²) in [5.74, 6) is 1.86. The zero-order valence-corrected chi connectivity index (χ0v) is 13.7. The molecule has 1 aliphatic rings. The van der Waals surface area contributed by atoms with Crippen molar-refractivity contribution in [3.05, 3.63) is 47.7 Å². The average Bonchev–Trinajstić information content (AvgIpc) is 3.02. The van der Waals surface area contributed by atoms with E-state index in [9.17, 15) is 4.79 Å². The minimum absolute atomic E-state index is 0.0135. The van der Waals surface area contributed by atoms with Crippen molar-refractivity contribution in [3.63, 3.8) is 0 Å². The number of rotatable bonds is 4. The number of aryl methyl sites for hydroxylation is 1. The summed E-state index contributed by atoms with van der Waals surface area (Å²) < 4.78 is 5.52. The van der Waals surface area contributed by atoms with Gasteiger partial charge in [0.2, 0.25) is 17.7 Å². The molecule has 1 fully saturated rings. The molecule has 3 rings (SSSR count). The van der Waals surface area contributed by atoms with Crippen LogP contribution in [0, 0.1) is 12.8 Å². The van der Waals surface area contributed by atoms with Gasteiger partial charge in [0.15, 0.2) is 0 Å². The molecule has 1 saturated heterocycles. The molecule has 122 valence electrons. The predicted octanol–water partition coefficient (Wildman–Crippen LogP) is 2.96. The fourth-order valence-corrected chi connectivity index (χ4v) is 3.19. The second-order valence-corrected chi connectivity index (χ2v) is 6.35. The van der Waals surface area contributed by atoms with Crippen LogP contribution in [0.3, 0.4) is 0 Å². The van der Waals surface area contributed by atoms with Gasteiger partial charge in [0.25, 0.3) is 0 Å². The summed E-state index contributed by atoms with van der Waals surface area (Å²) in [6.07, 6.45) is 2.58. The van der Waals surface area contributed by atoms with Gasteiger partial charge in [-0.2, -0.15) is 0 Å². The quantitative estimate of drug-likeness (QED) is 0.870. The van der Waals surface area contributed by atoms with Crippen LogP contribution in [-0.2, 0) is 11.2 Å². The first-order chi connectivity index (χ1) is 11.1. The molecule has 2 heterocycles. The Morgan fingerprint density at radius 3 is 2.57 bits per heavy atom. The Morgan fingerprint density at radius 2 is 1.96 bits per heavy atom. The van der Waals surface area contributed by atoms with Gasteiger partial charge in [-0.1, -0.05) is 37.3 Å². The molecular weight excluding hydrogens is 290 g/mol. The standard InChI is InChI=1S/C18H23N3O2/c1-13(12-15-6-4-3-5-7-15)18(22)21-10-8-16(9-11-21)17-20-19-14(2)23-17/h3-7,13,16H,8-12H2,1-2H3. The first-order valence-electron chi connectivity index (χ1n) is 8.26.